The van der Waals surface area contributed by atoms with Gasteiger partial charge < -0.3 is 20.1 Å². The average molecular weight is 365 g/mol. The van der Waals surface area contributed by atoms with Crippen LogP contribution in [0.25, 0.3) is 0 Å². The largest absolute Gasteiger partial charge is 0.497 e. The lowest BCUT2D eigenvalue weighted by atomic mass is 10.2. The maximum absolute atomic E-state index is 12.2. The lowest BCUT2D eigenvalue weighted by Crippen LogP contribution is -2.20. The summed E-state index contributed by atoms with van der Waals surface area (Å²) < 4.78 is 11.3. The van der Waals surface area contributed by atoms with Crippen LogP contribution >= 0.6 is 15.9 Å². The van der Waals surface area contributed by atoms with Gasteiger partial charge in [-0.2, -0.15) is 0 Å². The molecule has 0 bridgehead atoms. The Kier molecular flexibility index (Phi) is 5.27. The molecule has 116 valence electrons. The molecular formula is C16H17BrN2O3. The second-order valence-corrected chi connectivity index (χ2v) is 5.52. The Morgan fingerprint density at radius 1 is 1.00 bits per heavy atom. The third kappa shape index (κ3) is 3.92. The molecule has 2 aromatic carbocycles. The first kappa shape index (κ1) is 16.2. The first-order valence-electron chi connectivity index (χ1n) is 6.59. The van der Waals surface area contributed by atoms with Gasteiger partial charge >= 0.3 is 6.03 Å². The highest BCUT2D eigenvalue weighted by Crippen LogP contribution is 2.29. The number of methoxy groups -OCH3 is 2. The molecule has 5 nitrogen and oxygen atoms in total. The van der Waals surface area contributed by atoms with Gasteiger partial charge in [0.25, 0.3) is 0 Å². The minimum atomic E-state index is -0.350. The number of hydrogen-bond acceptors (Lipinski definition) is 3. The molecule has 0 aliphatic carbocycles. The molecule has 0 heterocycles. The summed E-state index contributed by atoms with van der Waals surface area (Å²) in [7, 11) is 3.11. The van der Waals surface area contributed by atoms with Crippen molar-refractivity contribution in [1.29, 1.82) is 0 Å². The Hall–Kier alpha value is -2.21. The predicted molar refractivity (Wildman–Crippen MR) is 91.1 cm³/mol. The third-order valence-corrected chi connectivity index (χ3v) is 3.58. The van der Waals surface area contributed by atoms with E-state index in [0.717, 1.165) is 15.7 Å². The fourth-order valence-electron chi connectivity index (χ4n) is 1.95. The summed E-state index contributed by atoms with van der Waals surface area (Å²) in [6.45, 7) is 1.92. The van der Waals surface area contributed by atoms with Gasteiger partial charge in [-0.15, -0.1) is 0 Å². The topological polar surface area (TPSA) is 59.6 Å². The molecule has 2 aromatic rings. The molecule has 0 spiro atoms. The van der Waals surface area contributed by atoms with E-state index in [1.807, 2.05) is 25.1 Å². The van der Waals surface area contributed by atoms with Crippen LogP contribution in [0.15, 0.2) is 40.9 Å². The zero-order chi connectivity index (χ0) is 16.1. The van der Waals surface area contributed by atoms with Gasteiger partial charge in [0.2, 0.25) is 0 Å². The van der Waals surface area contributed by atoms with E-state index in [0.29, 0.717) is 17.2 Å². The van der Waals surface area contributed by atoms with E-state index in [4.69, 9.17) is 9.47 Å². The molecule has 2 N–H and O–H groups in total. The number of carbonyl (C=O) groups is 1. The van der Waals surface area contributed by atoms with Crippen molar-refractivity contribution in [1.82, 2.24) is 0 Å². The van der Waals surface area contributed by atoms with E-state index in [2.05, 4.69) is 26.6 Å². The Balaban J connectivity index is 2.14. The van der Waals surface area contributed by atoms with E-state index in [1.54, 1.807) is 32.4 Å². The van der Waals surface area contributed by atoms with Crippen LogP contribution in [0.1, 0.15) is 5.56 Å². The van der Waals surface area contributed by atoms with Crippen molar-refractivity contribution in [3.63, 3.8) is 0 Å². The molecule has 0 aromatic heterocycles. The fraction of sp³-hybridized carbons (Fsp3) is 0.188. The monoisotopic (exact) mass is 364 g/mol. The molecule has 0 aliphatic heterocycles. The molecule has 2 rings (SSSR count). The summed E-state index contributed by atoms with van der Waals surface area (Å²) in [4.78, 5) is 12.2. The number of benzene rings is 2. The number of anilines is 2. The van der Waals surface area contributed by atoms with Gasteiger partial charge in [-0.1, -0.05) is 15.9 Å². The molecule has 6 heteroatoms. The van der Waals surface area contributed by atoms with Crippen molar-refractivity contribution >= 4 is 33.3 Å². The number of amides is 2. The highest BCUT2D eigenvalue weighted by Gasteiger charge is 2.10. The molecule has 22 heavy (non-hydrogen) atoms. The van der Waals surface area contributed by atoms with Crippen LogP contribution in [0.2, 0.25) is 0 Å². The smallest absolute Gasteiger partial charge is 0.323 e. The Morgan fingerprint density at radius 2 is 1.73 bits per heavy atom. The molecule has 0 saturated carbocycles. The molecule has 0 aliphatic rings. The van der Waals surface area contributed by atoms with Crippen molar-refractivity contribution in [2.24, 2.45) is 0 Å². The van der Waals surface area contributed by atoms with Crippen molar-refractivity contribution in [3.05, 3.63) is 46.4 Å². The van der Waals surface area contributed by atoms with Crippen LogP contribution in [-0.4, -0.2) is 20.3 Å². The predicted octanol–water partition coefficient (Wildman–Crippen LogP) is 4.42. The number of halogens is 1. The van der Waals surface area contributed by atoms with Crippen molar-refractivity contribution in [2.75, 3.05) is 24.9 Å². The average Bonchev–Trinajstić information content (AvgIpc) is 2.50. The number of urea groups is 1. The number of aryl methyl sites for hydroxylation is 1. The standard InChI is InChI=1S/C16H17BrN2O3/c1-10-8-11(17)4-6-13(10)18-16(20)19-14-9-12(21-2)5-7-15(14)22-3/h4-9H,1-3H3,(H2,18,19,20). The first-order valence-corrected chi connectivity index (χ1v) is 7.39. The second kappa shape index (κ2) is 7.17. The molecule has 0 fully saturated rings. The number of nitrogens with one attached hydrogen (secondary N) is 2. The first-order chi connectivity index (χ1) is 10.5. The van der Waals surface area contributed by atoms with Gasteiger partial charge in [-0.3, -0.25) is 0 Å². The lowest BCUT2D eigenvalue weighted by molar-refractivity contribution is 0.262. The summed E-state index contributed by atoms with van der Waals surface area (Å²) in [5, 5.41) is 5.57. The van der Waals surface area contributed by atoms with Gasteiger partial charge in [-0.25, -0.2) is 4.79 Å². The van der Waals surface area contributed by atoms with Gasteiger partial charge in [0, 0.05) is 16.2 Å². The zero-order valence-electron chi connectivity index (χ0n) is 12.6. The molecule has 0 radical (unpaired) electrons. The van der Waals surface area contributed by atoms with Gasteiger partial charge in [0.05, 0.1) is 19.9 Å². The minimum Gasteiger partial charge on any atom is -0.497 e. The highest BCUT2D eigenvalue weighted by atomic mass is 79.9. The maximum Gasteiger partial charge on any atom is 0.323 e. The number of ether oxygens (including phenoxy) is 2. The van der Waals surface area contributed by atoms with Crippen molar-refractivity contribution in [3.8, 4) is 11.5 Å². The van der Waals surface area contributed by atoms with E-state index in [-0.39, 0.29) is 6.03 Å². The summed E-state index contributed by atoms with van der Waals surface area (Å²) in [6, 6.07) is 10.5. The lowest BCUT2D eigenvalue weighted by Gasteiger charge is -2.13. The fourth-order valence-corrected chi connectivity index (χ4v) is 2.43. The summed E-state index contributed by atoms with van der Waals surface area (Å²) in [5.41, 5.74) is 2.24. The Labute approximate surface area is 137 Å². The Bertz CT molecular complexity index is 689. The normalized spacial score (nSPS) is 10.0. The number of rotatable bonds is 4. The molecule has 0 saturated heterocycles. The van der Waals surface area contributed by atoms with Crippen molar-refractivity contribution in [2.45, 2.75) is 6.92 Å². The summed E-state index contributed by atoms with van der Waals surface area (Å²) in [6.07, 6.45) is 0. The molecule has 2 amide bonds. The Morgan fingerprint density at radius 3 is 2.36 bits per heavy atom. The molecule has 0 atom stereocenters. The van der Waals surface area contributed by atoms with Gasteiger partial charge in [0.1, 0.15) is 11.5 Å². The number of hydrogen-bond donors (Lipinski definition) is 2. The van der Waals surface area contributed by atoms with E-state index in [9.17, 15) is 4.79 Å². The van der Waals surface area contributed by atoms with E-state index in [1.165, 1.54) is 0 Å². The van der Waals surface area contributed by atoms with E-state index < -0.39 is 0 Å². The van der Waals surface area contributed by atoms with Gasteiger partial charge in [-0.05, 0) is 42.8 Å². The van der Waals surface area contributed by atoms with Crippen LogP contribution in [0.4, 0.5) is 16.2 Å². The minimum absolute atomic E-state index is 0.350. The van der Waals surface area contributed by atoms with Crippen molar-refractivity contribution < 1.29 is 14.3 Å². The maximum atomic E-state index is 12.2. The molecular weight excluding hydrogens is 348 g/mol. The highest BCUT2D eigenvalue weighted by molar-refractivity contribution is 9.10. The SMILES string of the molecule is COc1ccc(OC)c(NC(=O)Nc2ccc(Br)cc2C)c1. The van der Waals surface area contributed by atoms with E-state index >= 15 is 0 Å². The van der Waals surface area contributed by atoms with Crippen LogP contribution in [-0.2, 0) is 0 Å². The second-order valence-electron chi connectivity index (χ2n) is 4.60. The van der Waals surface area contributed by atoms with Crippen LogP contribution in [0, 0.1) is 6.92 Å². The third-order valence-electron chi connectivity index (χ3n) is 3.09. The summed E-state index contributed by atoms with van der Waals surface area (Å²) in [5.74, 6) is 1.19. The zero-order valence-corrected chi connectivity index (χ0v) is 14.2. The summed E-state index contributed by atoms with van der Waals surface area (Å²) >= 11 is 3.39. The van der Waals surface area contributed by atoms with Crippen LogP contribution < -0.4 is 20.1 Å². The van der Waals surface area contributed by atoms with Crippen LogP contribution in [0.5, 0.6) is 11.5 Å². The quantitative estimate of drug-likeness (QED) is 0.843. The molecule has 0 unspecified atom stereocenters. The van der Waals surface area contributed by atoms with Crippen LogP contribution in [0.3, 0.4) is 0 Å². The van der Waals surface area contributed by atoms with Gasteiger partial charge in [0.15, 0.2) is 0 Å². The number of carbonyl (C=O) groups excluding carboxylic acids is 1.